The van der Waals surface area contributed by atoms with Gasteiger partial charge in [0.2, 0.25) is 11.8 Å². The molecule has 1 aromatic rings. The van der Waals surface area contributed by atoms with Gasteiger partial charge in [0.15, 0.2) is 5.72 Å². The second kappa shape index (κ2) is 7.67. The van der Waals surface area contributed by atoms with Gasteiger partial charge in [-0.25, -0.2) is 0 Å². The molecule has 4 rings (SSSR count). The van der Waals surface area contributed by atoms with Crippen molar-refractivity contribution in [2.45, 2.75) is 50.9 Å². The number of ether oxygens (including phenoxy) is 1. The summed E-state index contributed by atoms with van der Waals surface area (Å²) in [5.74, 6) is 0.0515. The third-order valence-corrected chi connectivity index (χ3v) is 5.98. The molecule has 2 saturated heterocycles. The van der Waals surface area contributed by atoms with Gasteiger partial charge in [0.05, 0.1) is 18.2 Å². The molecule has 3 amide bonds. The van der Waals surface area contributed by atoms with E-state index in [4.69, 9.17) is 4.74 Å². The Kier molecular flexibility index (Phi) is 5.21. The molecule has 2 fully saturated rings. The maximum absolute atomic E-state index is 12.6. The van der Waals surface area contributed by atoms with E-state index in [9.17, 15) is 19.5 Å². The number of nitrogens with zero attached hydrogens (tertiary/aromatic N) is 2. The molecule has 3 aliphatic rings. The summed E-state index contributed by atoms with van der Waals surface area (Å²) in [7, 11) is 0. The predicted molar refractivity (Wildman–Crippen MR) is 104 cm³/mol. The average Bonchev–Trinajstić information content (AvgIpc) is 2.83. The molecular weight excluding hydrogens is 374 g/mol. The maximum Gasteiger partial charge on any atom is 0.258 e. The van der Waals surface area contributed by atoms with Crippen LogP contribution in [0.3, 0.4) is 0 Å². The summed E-state index contributed by atoms with van der Waals surface area (Å²) in [6, 6.07) is 5.48. The molecule has 8 nitrogen and oxygen atoms in total. The number of fused-ring (bicyclic) bond motifs is 1. The molecule has 0 radical (unpaired) electrons. The highest BCUT2D eigenvalue weighted by Gasteiger charge is 2.43. The van der Waals surface area contributed by atoms with Gasteiger partial charge in [-0.3, -0.25) is 14.4 Å². The van der Waals surface area contributed by atoms with E-state index in [-0.39, 0.29) is 30.7 Å². The van der Waals surface area contributed by atoms with Crippen LogP contribution in [0.1, 0.15) is 48.0 Å². The summed E-state index contributed by atoms with van der Waals surface area (Å²) < 4.78 is 6.16. The van der Waals surface area contributed by atoms with Gasteiger partial charge in [-0.2, -0.15) is 0 Å². The van der Waals surface area contributed by atoms with Crippen LogP contribution in [0.4, 0.5) is 0 Å². The normalized spacial score (nSPS) is 27.2. The monoisotopic (exact) mass is 401 g/mol. The molecule has 1 spiro atoms. The second-order valence-electron chi connectivity index (χ2n) is 8.25. The summed E-state index contributed by atoms with van der Waals surface area (Å²) in [5, 5.41) is 12.7. The van der Waals surface area contributed by atoms with Crippen molar-refractivity contribution in [2.24, 2.45) is 0 Å². The number of β-amino-alcohol motifs (C(OH)–C–C–N with tert-alkyl or cyclic N) is 1. The van der Waals surface area contributed by atoms with Gasteiger partial charge in [0.25, 0.3) is 5.91 Å². The van der Waals surface area contributed by atoms with Crippen LogP contribution < -0.4 is 10.1 Å². The van der Waals surface area contributed by atoms with Crippen LogP contribution in [0.2, 0.25) is 0 Å². The molecule has 2 N–H and O–H groups in total. The van der Waals surface area contributed by atoms with E-state index < -0.39 is 11.8 Å². The van der Waals surface area contributed by atoms with Crippen LogP contribution in [0.15, 0.2) is 18.2 Å². The zero-order chi connectivity index (χ0) is 20.6. The van der Waals surface area contributed by atoms with Crippen LogP contribution >= 0.6 is 0 Å². The Morgan fingerprint density at radius 2 is 2.14 bits per heavy atom. The summed E-state index contributed by atoms with van der Waals surface area (Å²) in [6.45, 7) is 3.16. The van der Waals surface area contributed by atoms with E-state index in [0.29, 0.717) is 50.2 Å². The summed E-state index contributed by atoms with van der Waals surface area (Å²) in [4.78, 5) is 41.0. The fourth-order valence-electron chi connectivity index (χ4n) is 4.29. The molecule has 2 atom stereocenters. The smallest absolute Gasteiger partial charge is 0.258 e. The lowest BCUT2D eigenvalue weighted by Gasteiger charge is -2.38. The van der Waals surface area contributed by atoms with E-state index >= 15 is 0 Å². The number of amides is 3. The van der Waals surface area contributed by atoms with E-state index in [1.165, 1.54) is 4.90 Å². The molecule has 3 heterocycles. The molecule has 0 aliphatic carbocycles. The number of hydrogen-bond acceptors (Lipinski definition) is 5. The van der Waals surface area contributed by atoms with Crippen molar-refractivity contribution in [1.82, 2.24) is 15.1 Å². The highest BCUT2D eigenvalue weighted by Crippen LogP contribution is 2.34. The minimum atomic E-state index is -0.936. The molecule has 29 heavy (non-hydrogen) atoms. The van der Waals surface area contributed by atoms with Crippen molar-refractivity contribution < 1.29 is 24.2 Å². The van der Waals surface area contributed by atoms with Crippen molar-refractivity contribution in [2.75, 3.05) is 26.2 Å². The first-order valence-corrected chi connectivity index (χ1v) is 10.2. The number of aryl methyl sites for hydroxylation is 1. The summed E-state index contributed by atoms with van der Waals surface area (Å²) in [5.41, 5.74) is 0.539. The van der Waals surface area contributed by atoms with E-state index in [1.54, 1.807) is 17.0 Å². The third-order valence-electron chi connectivity index (χ3n) is 5.98. The zero-order valence-electron chi connectivity index (χ0n) is 16.6. The number of carbonyl (C=O) groups is 3. The van der Waals surface area contributed by atoms with E-state index in [1.807, 2.05) is 13.0 Å². The van der Waals surface area contributed by atoms with Crippen LogP contribution in [-0.4, -0.2) is 70.6 Å². The van der Waals surface area contributed by atoms with Crippen LogP contribution in [0, 0.1) is 6.92 Å². The van der Waals surface area contributed by atoms with Gasteiger partial charge in [-0.1, -0.05) is 11.6 Å². The number of nitrogens with one attached hydrogen (secondary N) is 1. The van der Waals surface area contributed by atoms with Gasteiger partial charge in [-0.15, -0.1) is 0 Å². The highest BCUT2D eigenvalue weighted by molar-refractivity contribution is 5.98. The Morgan fingerprint density at radius 3 is 2.93 bits per heavy atom. The first-order chi connectivity index (χ1) is 13.8. The summed E-state index contributed by atoms with van der Waals surface area (Å²) in [6.07, 6.45) is 1.93. The largest absolute Gasteiger partial charge is 0.467 e. The molecule has 1 aromatic carbocycles. The predicted octanol–water partition coefficient (Wildman–Crippen LogP) is 0.809. The number of likely N-dealkylation sites (tertiary alicyclic amines) is 2. The SMILES string of the molecule is Cc1ccc2c(c1)C(=O)N[C@]1(CCC(=O)N(CC(=O)N3CCC[C@H](O)C3)CC1)O2. The first-order valence-electron chi connectivity index (χ1n) is 10.2. The second-order valence-corrected chi connectivity index (χ2v) is 8.25. The highest BCUT2D eigenvalue weighted by atomic mass is 16.5. The number of piperidine rings is 1. The van der Waals surface area contributed by atoms with Gasteiger partial charge in [0, 0.05) is 38.9 Å². The number of benzene rings is 1. The number of hydrogen-bond donors (Lipinski definition) is 2. The van der Waals surface area contributed by atoms with E-state index in [2.05, 4.69) is 5.32 Å². The zero-order valence-corrected chi connectivity index (χ0v) is 16.6. The van der Waals surface area contributed by atoms with Crippen LogP contribution in [0.5, 0.6) is 5.75 Å². The van der Waals surface area contributed by atoms with Crippen LogP contribution in [0.25, 0.3) is 0 Å². The minimum absolute atomic E-state index is 0.00857. The Hall–Kier alpha value is -2.61. The lowest BCUT2D eigenvalue weighted by molar-refractivity contribution is -0.141. The number of aliphatic hydroxyl groups excluding tert-OH is 1. The van der Waals surface area contributed by atoms with Crippen molar-refractivity contribution in [1.29, 1.82) is 0 Å². The third kappa shape index (κ3) is 4.07. The quantitative estimate of drug-likeness (QED) is 0.764. The Balaban J connectivity index is 1.44. The topological polar surface area (TPSA) is 99.2 Å². The van der Waals surface area contributed by atoms with Crippen molar-refractivity contribution in [3.05, 3.63) is 29.3 Å². The van der Waals surface area contributed by atoms with Gasteiger partial charge >= 0.3 is 0 Å². The van der Waals surface area contributed by atoms with Gasteiger partial charge < -0.3 is 25.0 Å². The molecule has 3 aliphatic heterocycles. The number of carbonyl (C=O) groups excluding carboxylic acids is 3. The Labute approximate surface area is 169 Å². The van der Waals surface area contributed by atoms with Gasteiger partial charge in [-0.05, 0) is 31.9 Å². The molecule has 0 unspecified atom stereocenters. The molecule has 0 aromatic heterocycles. The molecule has 8 heteroatoms. The van der Waals surface area contributed by atoms with Crippen molar-refractivity contribution in [3.63, 3.8) is 0 Å². The lowest BCUT2D eigenvalue weighted by Crippen LogP contribution is -2.56. The fourth-order valence-corrected chi connectivity index (χ4v) is 4.29. The number of aliphatic hydroxyl groups is 1. The lowest BCUT2D eigenvalue weighted by atomic mass is 9.99. The van der Waals surface area contributed by atoms with Gasteiger partial charge in [0.1, 0.15) is 5.75 Å². The summed E-state index contributed by atoms with van der Waals surface area (Å²) >= 11 is 0. The first kappa shape index (κ1) is 19.7. The van der Waals surface area contributed by atoms with Crippen molar-refractivity contribution in [3.8, 4) is 5.75 Å². The van der Waals surface area contributed by atoms with E-state index in [0.717, 1.165) is 12.0 Å². The Bertz CT molecular complexity index is 842. The fraction of sp³-hybridized carbons (Fsp3) is 0.571. The molecule has 156 valence electrons. The molecular formula is C21H27N3O5. The van der Waals surface area contributed by atoms with Crippen molar-refractivity contribution >= 4 is 17.7 Å². The molecule has 0 saturated carbocycles. The van der Waals surface area contributed by atoms with Crippen LogP contribution in [-0.2, 0) is 9.59 Å². The number of rotatable bonds is 2. The molecule has 0 bridgehead atoms. The Morgan fingerprint density at radius 1 is 1.31 bits per heavy atom. The standard InChI is InChI=1S/C21H27N3O5/c1-14-4-5-17-16(11-14)20(28)22-21(29-17)7-6-18(26)24(10-8-21)13-19(27)23-9-2-3-15(25)12-23/h4-5,11,15,25H,2-3,6-10,12-13H2,1H3,(H,22,28)/t15-,21+/m0/s1. The average molecular weight is 401 g/mol. The minimum Gasteiger partial charge on any atom is -0.467 e. The maximum atomic E-state index is 12.6.